The molecule has 0 aromatic heterocycles. The van der Waals surface area contributed by atoms with Crippen LogP contribution in [0.2, 0.25) is 0 Å². The molecule has 30 heavy (non-hydrogen) atoms. The largest absolute Gasteiger partial charge is 0.380 e. The minimum absolute atomic E-state index is 0.00384. The average molecular weight is 421 g/mol. The average Bonchev–Trinajstić information content (AvgIpc) is 3.38. The Labute approximate surface area is 179 Å². The normalized spacial score (nSPS) is 40.7. The summed E-state index contributed by atoms with van der Waals surface area (Å²) >= 11 is 0. The van der Waals surface area contributed by atoms with Crippen LogP contribution in [0.5, 0.6) is 0 Å². The van der Waals surface area contributed by atoms with Gasteiger partial charge in [-0.05, 0) is 69.1 Å². The molecule has 0 aromatic rings. The van der Waals surface area contributed by atoms with Crippen molar-refractivity contribution in [2.45, 2.75) is 81.6 Å². The standard InChI is InChI=1S/C23H37FN4O2/c1-15(27-11-13-28(14-12-27)22(29)23(30)9-10-23)16-5-7-17(8-6-16)20-18-3-2-4-19(24)21(18)26-25-20/h16-21,25-26,30H,1-14H2. The van der Waals surface area contributed by atoms with E-state index in [-0.39, 0.29) is 11.9 Å². The van der Waals surface area contributed by atoms with E-state index in [1.54, 1.807) is 0 Å². The van der Waals surface area contributed by atoms with E-state index in [0.29, 0.717) is 56.1 Å². The molecule has 4 unspecified atom stereocenters. The van der Waals surface area contributed by atoms with Gasteiger partial charge in [0.1, 0.15) is 11.8 Å². The number of carbonyl (C=O) groups excluding carboxylic acids is 1. The first kappa shape index (κ1) is 20.7. The fourth-order valence-corrected chi connectivity index (χ4v) is 6.44. The third-order valence-electron chi connectivity index (χ3n) is 8.59. The highest BCUT2D eigenvalue weighted by Gasteiger charge is 2.50. The van der Waals surface area contributed by atoms with Gasteiger partial charge in [-0.3, -0.25) is 15.6 Å². The summed E-state index contributed by atoms with van der Waals surface area (Å²) in [5.41, 5.74) is 6.90. The third-order valence-corrected chi connectivity index (χ3v) is 8.59. The summed E-state index contributed by atoms with van der Waals surface area (Å²) in [5.74, 6) is 1.49. The number of nitrogens with zero attached hydrogens (tertiary/aromatic N) is 2. The number of nitrogens with one attached hydrogen (secondary N) is 2. The van der Waals surface area contributed by atoms with Crippen molar-refractivity contribution < 1.29 is 14.3 Å². The SMILES string of the molecule is C=C(C1CCC(C2NNC3C(F)CCCC32)CC1)N1CCN(C(=O)C2(O)CC2)CC1. The van der Waals surface area contributed by atoms with E-state index >= 15 is 0 Å². The van der Waals surface area contributed by atoms with E-state index in [1.165, 1.54) is 18.5 Å². The van der Waals surface area contributed by atoms with Crippen LogP contribution in [-0.2, 0) is 4.79 Å². The van der Waals surface area contributed by atoms with Crippen molar-refractivity contribution in [1.82, 2.24) is 20.7 Å². The lowest BCUT2D eigenvalue weighted by atomic mass is 9.70. The number of fused-ring (bicyclic) bond motifs is 1. The van der Waals surface area contributed by atoms with E-state index in [2.05, 4.69) is 22.3 Å². The van der Waals surface area contributed by atoms with Gasteiger partial charge >= 0.3 is 0 Å². The van der Waals surface area contributed by atoms with Crippen LogP contribution >= 0.6 is 0 Å². The molecule has 7 heteroatoms. The summed E-state index contributed by atoms with van der Waals surface area (Å²) < 4.78 is 14.2. The number of alkyl halides is 1. The second-order valence-electron chi connectivity index (χ2n) is 10.4. The Bertz CT molecular complexity index is 668. The van der Waals surface area contributed by atoms with E-state index in [0.717, 1.165) is 38.8 Å². The van der Waals surface area contributed by atoms with E-state index in [9.17, 15) is 14.3 Å². The van der Waals surface area contributed by atoms with Crippen molar-refractivity contribution in [3.05, 3.63) is 12.3 Å². The van der Waals surface area contributed by atoms with Crippen LogP contribution in [0.15, 0.2) is 12.3 Å². The Kier molecular flexibility index (Phi) is 5.57. The first-order chi connectivity index (χ1) is 14.5. The zero-order valence-electron chi connectivity index (χ0n) is 18.0. The van der Waals surface area contributed by atoms with Crippen LogP contribution < -0.4 is 10.9 Å². The Hall–Kier alpha value is -1.18. The summed E-state index contributed by atoms with van der Waals surface area (Å²) in [4.78, 5) is 16.5. The molecule has 3 N–H and O–H groups in total. The fraction of sp³-hybridized carbons (Fsp3) is 0.870. The lowest BCUT2D eigenvalue weighted by molar-refractivity contribution is -0.144. The Balaban J connectivity index is 1.09. The zero-order valence-corrected chi connectivity index (χ0v) is 18.0. The molecule has 2 aliphatic heterocycles. The molecule has 5 rings (SSSR count). The molecule has 0 spiro atoms. The smallest absolute Gasteiger partial charge is 0.254 e. The summed E-state index contributed by atoms with van der Waals surface area (Å²) in [7, 11) is 0. The second kappa shape index (κ2) is 8.06. The molecule has 6 nitrogen and oxygen atoms in total. The van der Waals surface area contributed by atoms with Crippen LogP contribution in [0.1, 0.15) is 57.8 Å². The summed E-state index contributed by atoms with van der Waals surface area (Å²) in [5, 5.41) is 10.1. The molecule has 2 saturated heterocycles. The third kappa shape index (κ3) is 3.78. The Morgan fingerprint density at radius 3 is 2.23 bits per heavy atom. The minimum Gasteiger partial charge on any atom is -0.380 e. The molecule has 0 aromatic carbocycles. The summed E-state index contributed by atoms with van der Waals surface area (Å²) in [6, 6.07) is 0.412. The second-order valence-corrected chi connectivity index (χ2v) is 10.4. The molecule has 1 amide bonds. The van der Waals surface area contributed by atoms with E-state index < -0.39 is 11.8 Å². The van der Waals surface area contributed by atoms with Crippen LogP contribution in [0.25, 0.3) is 0 Å². The van der Waals surface area contributed by atoms with Crippen molar-refractivity contribution in [1.29, 1.82) is 0 Å². The molecule has 4 atom stereocenters. The van der Waals surface area contributed by atoms with Crippen molar-refractivity contribution in [2.75, 3.05) is 26.2 Å². The number of hydrogen-bond donors (Lipinski definition) is 3. The maximum Gasteiger partial charge on any atom is 0.254 e. The van der Waals surface area contributed by atoms with Gasteiger partial charge < -0.3 is 14.9 Å². The zero-order chi connectivity index (χ0) is 20.9. The van der Waals surface area contributed by atoms with Gasteiger partial charge in [-0.15, -0.1) is 0 Å². The van der Waals surface area contributed by atoms with Gasteiger partial charge in [0.15, 0.2) is 0 Å². The van der Waals surface area contributed by atoms with E-state index in [1.807, 2.05) is 4.90 Å². The number of amides is 1. The predicted molar refractivity (Wildman–Crippen MR) is 113 cm³/mol. The highest BCUT2D eigenvalue weighted by atomic mass is 19.1. The van der Waals surface area contributed by atoms with Gasteiger partial charge in [-0.2, -0.15) is 0 Å². The van der Waals surface area contributed by atoms with Crippen molar-refractivity contribution in [3.8, 4) is 0 Å². The fourth-order valence-electron chi connectivity index (χ4n) is 6.44. The molecule has 5 fully saturated rings. The van der Waals surface area contributed by atoms with Crippen LogP contribution in [-0.4, -0.2) is 70.8 Å². The Morgan fingerprint density at radius 1 is 0.933 bits per heavy atom. The van der Waals surface area contributed by atoms with Crippen LogP contribution in [0, 0.1) is 17.8 Å². The monoisotopic (exact) mass is 420 g/mol. The summed E-state index contributed by atoms with van der Waals surface area (Å²) in [6.45, 7) is 7.42. The van der Waals surface area contributed by atoms with Crippen LogP contribution in [0.3, 0.4) is 0 Å². The predicted octanol–water partition coefficient (Wildman–Crippen LogP) is 1.96. The van der Waals surface area contributed by atoms with Crippen molar-refractivity contribution in [2.24, 2.45) is 17.8 Å². The van der Waals surface area contributed by atoms with Gasteiger partial charge in [0.05, 0.1) is 6.04 Å². The van der Waals surface area contributed by atoms with Crippen molar-refractivity contribution in [3.63, 3.8) is 0 Å². The molecular weight excluding hydrogens is 383 g/mol. The Morgan fingerprint density at radius 2 is 1.57 bits per heavy atom. The molecule has 3 saturated carbocycles. The first-order valence-corrected chi connectivity index (χ1v) is 12.1. The highest BCUT2D eigenvalue weighted by molar-refractivity contribution is 5.87. The molecule has 5 aliphatic rings. The van der Waals surface area contributed by atoms with Crippen LogP contribution in [0.4, 0.5) is 4.39 Å². The molecule has 3 aliphatic carbocycles. The quantitative estimate of drug-likeness (QED) is 0.649. The van der Waals surface area contributed by atoms with Gasteiger partial charge in [-0.1, -0.05) is 13.0 Å². The number of rotatable bonds is 4. The van der Waals surface area contributed by atoms with Gasteiger partial charge in [-0.25, -0.2) is 4.39 Å². The molecule has 2 heterocycles. The van der Waals surface area contributed by atoms with E-state index in [4.69, 9.17) is 0 Å². The summed E-state index contributed by atoms with van der Waals surface area (Å²) in [6.07, 6.45) is 8.02. The lowest BCUT2D eigenvalue weighted by Gasteiger charge is -2.42. The molecule has 168 valence electrons. The maximum atomic E-state index is 14.2. The minimum atomic E-state index is -1.06. The number of allylic oxidation sites excluding steroid dienone is 1. The number of piperazine rings is 1. The highest BCUT2D eigenvalue weighted by Crippen LogP contribution is 2.42. The maximum absolute atomic E-state index is 14.2. The molecular formula is C23H37FN4O2. The van der Waals surface area contributed by atoms with Crippen molar-refractivity contribution >= 4 is 5.91 Å². The van der Waals surface area contributed by atoms with Gasteiger partial charge in [0.25, 0.3) is 5.91 Å². The first-order valence-electron chi connectivity index (χ1n) is 12.1. The number of aliphatic hydroxyl groups is 1. The molecule has 0 radical (unpaired) electrons. The van der Waals surface area contributed by atoms with Gasteiger partial charge in [0, 0.05) is 37.9 Å². The topological polar surface area (TPSA) is 67.8 Å². The number of hydrazine groups is 1. The lowest BCUT2D eigenvalue weighted by Crippen LogP contribution is -2.52. The number of carbonyl (C=O) groups is 1. The molecule has 0 bridgehead atoms. The van der Waals surface area contributed by atoms with Gasteiger partial charge in [0.2, 0.25) is 0 Å². The number of halogens is 1. The number of hydrogen-bond acceptors (Lipinski definition) is 5.